The van der Waals surface area contributed by atoms with Crippen LogP contribution in [0.5, 0.6) is 5.75 Å². The van der Waals surface area contributed by atoms with E-state index in [1.807, 2.05) is 60.7 Å². The molecule has 0 aliphatic rings. The predicted octanol–water partition coefficient (Wildman–Crippen LogP) is 5.25. The molecule has 0 spiro atoms. The third kappa shape index (κ3) is 4.89. The Labute approximate surface area is 218 Å². The monoisotopic (exact) mass is 558 g/mol. The highest BCUT2D eigenvalue weighted by molar-refractivity contribution is 9.10. The largest absolute Gasteiger partial charge is 0.507 e. The van der Waals surface area contributed by atoms with E-state index in [-0.39, 0.29) is 23.0 Å². The maximum atomic E-state index is 13.3. The van der Waals surface area contributed by atoms with Gasteiger partial charge in [0, 0.05) is 10.0 Å². The molecule has 0 saturated carbocycles. The Morgan fingerprint density at radius 1 is 1.00 bits per heavy atom. The van der Waals surface area contributed by atoms with Crippen molar-refractivity contribution in [3.8, 4) is 11.4 Å². The summed E-state index contributed by atoms with van der Waals surface area (Å²) in [6.07, 6.45) is 1.42. The third-order valence-electron chi connectivity index (χ3n) is 5.49. The average Bonchev–Trinajstić information content (AvgIpc) is 2.89. The molecule has 0 atom stereocenters. The van der Waals surface area contributed by atoms with Crippen molar-refractivity contribution in [1.82, 2.24) is 15.0 Å². The van der Waals surface area contributed by atoms with E-state index in [1.54, 1.807) is 24.3 Å². The zero-order chi connectivity index (χ0) is 25.1. The van der Waals surface area contributed by atoms with E-state index in [0.717, 1.165) is 27.0 Å². The topological polar surface area (TPSA) is 96.6 Å². The molecule has 0 aliphatic heterocycles. The van der Waals surface area contributed by atoms with Crippen LogP contribution in [-0.2, 0) is 4.79 Å². The van der Waals surface area contributed by atoms with Gasteiger partial charge < -0.3 is 5.11 Å². The first-order chi connectivity index (χ1) is 17.5. The highest BCUT2D eigenvalue weighted by Crippen LogP contribution is 2.25. The number of carbonyl (C=O) groups excluding carboxylic acids is 1. The molecule has 0 fully saturated rings. The number of benzene rings is 4. The molecular weight excluding hydrogens is 540 g/mol. The molecule has 0 saturated heterocycles. The van der Waals surface area contributed by atoms with E-state index in [0.29, 0.717) is 27.3 Å². The Bertz CT molecular complexity index is 1680. The smallest absolute Gasteiger partial charge is 0.266 e. The molecule has 178 valence electrons. The number of hydrogen-bond acceptors (Lipinski definition) is 6. The Morgan fingerprint density at radius 3 is 2.53 bits per heavy atom. The Balaban J connectivity index is 1.38. The lowest BCUT2D eigenvalue weighted by atomic mass is 10.0. The van der Waals surface area contributed by atoms with Crippen molar-refractivity contribution in [2.24, 2.45) is 5.10 Å². The number of nitrogens with one attached hydrogen (secondary N) is 1. The number of aromatic hydroxyl groups is 1. The van der Waals surface area contributed by atoms with Crippen molar-refractivity contribution in [3.63, 3.8) is 0 Å². The number of phenolic OH excluding ortho intramolecular Hbond substituents is 1. The number of thioether (sulfide) groups is 1. The second kappa shape index (κ2) is 10.3. The molecule has 4 aromatic carbocycles. The van der Waals surface area contributed by atoms with Crippen molar-refractivity contribution in [2.45, 2.75) is 5.16 Å². The number of rotatable bonds is 6. The highest BCUT2D eigenvalue weighted by Gasteiger charge is 2.15. The standard InChI is InChI=1S/C27H19BrN4O3S/c28-18-10-12-19(13-11-18)32-26(35)21-7-3-4-8-23(21)30-27(32)36-16-25(34)31-29-15-22-20-6-2-1-5-17(20)9-14-24(22)33/h1-15,33H,16H2,(H,31,34). The van der Waals surface area contributed by atoms with Crippen LogP contribution < -0.4 is 11.0 Å². The van der Waals surface area contributed by atoms with Crippen LogP contribution in [-0.4, -0.2) is 32.5 Å². The van der Waals surface area contributed by atoms with Gasteiger partial charge in [-0.3, -0.25) is 14.2 Å². The minimum absolute atomic E-state index is 0.0137. The van der Waals surface area contributed by atoms with Crippen molar-refractivity contribution in [3.05, 3.63) is 105 Å². The fourth-order valence-electron chi connectivity index (χ4n) is 3.78. The second-order valence-corrected chi connectivity index (χ2v) is 9.69. The molecule has 7 nitrogen and oxygen atoms in total. The lowest BCUT2D eigenvalue weighted by Crippen LogP contribution is -2.24. The van der Waals surface area contributed by atoms with Crippen molar-refractivity contribution in [1.29, 1.82) is 0 Å². The molecule has 5 rings (SSSR count). The van der Waals surface area contributed by atoms with Gasteiger partial charge in [0.15, 0.2) is 5.16 Å². The number of fused-ring (bicyclic) bond motifs is 2. The van der Waals surface area contributed by atoms with Crippen molar-refractivity contribution < 1.29 is 9.90 Å². The van der Waals surface area contributed by atoms with E-state index in [1.165, 1.54) is 10.8 Å². The van der Waals surface area contributed by atoms with Gasteiger partial charge in [0.1, 0.15) is 5.75 Å². The van der Waals surface area contributed by atoms with Crippen molar-refractivity contribution in [2.75, 3.05) is 5.75 Å². The quantitative estimate of drug-likeness (QED) is 0.128. The minimum atomic E-state index is -0.374. The number of carbonyl (C=O) groups is 1. The highest BCUT2D eigenvalue weighted by atomic mass is 79.9. The summed E-state index contributed by atoms with van der Waals surface area (Å²) in [5.41, 5.74) is 4.00. The Kier molecular flexibility index (Phi) is 6.84. The lowest BCUT2D eigenvalue weighted by molar-refractivity contribution is -0.118. The van der Waals surface area contributed by atoms with Gasteiger partial charge >= 0.3 is 0 Å². The maximum Gasteiger partial charge on any atom is 0.266 e. The molecular formula is C27H19BrN4O3S. The van der Waals surface area contributed by atoms with Crippen LogP contribution in [0.2, 0.25) is 0 Å². The number of hydrazone groups is 1. The van der Waals surface area contributed by atoms with Crippen LogP contribution in [0.25, 0.3) is 27.4 Å². The van der Waals surface area contributed by atoms with Gasteiger partial charge in [-0.1, -0.05) is 70.2 Å². The van der Waals surface area contributed by atoms with Crippen LogP contribution in [0, 0.1) is 0 Å². The summed E-state index contributed by atoms with van der Waals surface area (Å²) in [4.78, 5) is 30.5. The van der Waals surface area contributed by atoms with Crippen LogP contribution in [0.3, 0.4) is 0 Å². The molecule has 1 aromatic heterocycles. The number of aromatic nitrogens is 2. The predicted molar refractivity (Wildman–Crippen MR) is 147 cm³/mol. The van der Waals surface area contributed by atoms with E-state index in [2.05, 4.69) is 31.4 Å². The fraction of sp³-hybridized carbons (Fsp3) is 0.0370. The summed E-state index contributed by atoms with van der Waals surface area (Å²) in [6, 6.07) is 25.4. The van der Waals surface area contributed by atoms with E-state index >= 15 is 0 Å². The summed E-state index contributed by atoms with van der Waals surface area (Å²) < 4.78 is 2.39. The zero-order valence-electron chi connectivity index (χ0n) is 18.8. The van der Waals surface area contributed by atoms with Gasteiger partial charge in [0.2, 0.25) is 0 Å². The molecule has 0 unspecified atom stereocenters. The summed E-state index contributed by atoms with van der Waals surface area (Å²) in [5, 5.41) is 16.9. The second-order valence-electron chi connectivity index (χ2n) is 7.83. The number of nitrogens with zero attached hydrogens (tertiary/aromatic N) is 3. The SMILES string of the molecule is O=C(CSc1nc2ccccc2c(=O)n1-c1ccc(Br)cc1)NN=Cc1c(O)ccc2ccccc12. The summed E-state index contributed by atoms with van der Waals surface area (Å²) in [6.45, 7) is 0. The number of para-hydroxylation sites is 1. The van der Waals surface area contributed by atoms with Gasteiger partial charge in [-0.25, -0.2) is 10.4 Å². The van der Waals surface area contributed by atoms with E-state index in [9.17, 15) is 14.7 Å². The zero-order valence-corrected chi connectivity index (χ0v) is 21.2. The van der Waals surface area contributed by atoms with Gasteiger partial charge in [0.25, 0.3) is 11.5 Å². The minimum Gasteiger partial charge on any atom is -0.507 e. The summed E-state index contributed by atoms with van der Waals surface area (Å²) in [7, 11) is 0. The third-order valence-corrected chi connectivity index (χ3v) is 6.96. The number of halogens is 1. The van der Waals surface area contributed by atoms with Crippen LogP contribution >= 0.6 is 27.7 Å². The van der Waals surface area contributed by atoms with Crippen LogP contribution in [0.4, 0.5) is 0 Å². The van der Waals surface area contributed by atoms with E-state index in [4.69, 9.17) is 0 Å². The molecule has 9 heteroatoms. The Morgan fingerprint density at radius 2 is 1.72 bits per heavy atom. The number of hydrogen-bond donors (Lipinski definition) is 2. The average molecular weight is 559 g/mol. The van der Waals surface area contributed by atoms with Gasteiger partial charge in [-0.15, -0.1) is 0 Å². The molecule has 36 heavy (non-hydrogen) atoms. The lowest BCUT2D eigenvalue weighted by Gasteiger charge is -2.13. The maximum absolute atomic E-state index is 13.3. The molecule has 1 amide bonds. The first kappa shape index (κ1) is 23.8. The van der Waals surface area contributed by atoms with E-state index < -0.39 is 0 Å². The molecule has 2 N–H and O–H groups in total. The normalized spacial score (nSPS) is 11.4. The van der Waals surface area contributed by atoms with Crippen LogP contribution in [0.15, 0.2) is 104 Å². The van der Waals surface area contributed by atoms with Gasteiger partial charge in [-0.2, -0.15) is 5.10 Å². The fourth-order valence-corrected chi connectivity index (χ4v) is 4.85. The first-order valence-corrected chi connectivity index (χ1v) is 12.7. The first-order valence-electron chi connectivity index (χ1n) is 10.9. The molecule has 1 heterocycles. The molecule has 0 bridgehead atoms. The van der Waals surface area contributed by atoms with Crippen molar-refractivity contribution >= 4 is 61.5 Å². The molecule has 5 aromatic rings. The number of phenols is 1. The van der Waals surface area contributed by atoms with Gasteiger partial charge in [0.05, 0.1) is 28.6 Å². The number of amides is 1. The van der Waals surface area contributed by atoms with Crippen LogP contribution in [0.1, 0.15) is 5.56 Å². The summed E-state index contributed by atoms with van der Waals surface area (Å²) in [5.74, 6) is -0.319. The Hall–Kier alpha value is -3.95. The molecule has 0 radical (unpaired) electrons. The van der Waals surface area contributed by atoms with Gasteiger partial charge in [-0.05, 0) is 53.2 Å². The summed E-state index contributed by atoms with van der Waals surface area (Å²) >= 11 is 4.55. The molecule has 0 aliphatic carbocycles.